The minimum Gasteiger partial charge on any atom is -0.459 e. The van der Waals surface area contributed by atoms with Crippen LogP contribution in [0.5, 0.6) is 0 Å². The van der Waals surface area contributed by atoms with Crippen molar-refractivity contribution in [2.45, 2.75) is 32.8 Å². The molecule has 0 aliphatic rings. The summed E-state index contributed by atoms with van der Waals surface area (Å²) in [4.78, 5) is 26.9. The number of carbonyl (C=O) groups excluding carboxylic acids is 2. The summed E-state index contributed by atoms with van der Waals surface area (Å²) in [6, 6.07) is 0. The molecule has 1 aromatic heterocycles. The van der Waals surface area contributed by atoms with Gasteiger partial charge in [0.15, 0.2) is 0 Å². The van der Waals surface area contributed by atoms with Crippen LogP contribution in [0.1, 0.15) is 25.8 Å². The third-order valence-corrected chi connectivity index (χ3v) is 3.16. The predicted octanol–water partition coefficient (Wildman–Crippen LogP) is 1.91. The zero-order chi connectivity index (χ0) is 13.8. The first kappa shape index (κ1) is 15.1. The number of carbonyl (C=O) groups is 2. The van der Waals surface area contributed by atoms with Crippen molar-refractivity contribution in [1.29, 1.82) is 0 Å². The minimum atomic E-state index is -0.540. The predicted molar refractivity (Wildman–Crippen MR) is 72.4 cm³/mol. The van der Waals surface area contributed by atoms with E-state index in [2.05, 4.69) is 26.2 Å². The van der Waals surface area contributed by atoms with Crippen LogP contribution >= 0.6 is 27.3 Å². The van der Waals surface area contributed by atoms with Crippen LogP contribution in [0.4, 0.5) is 0 Å². The smallest absolute Gasteiger partial charge is 0.325 e. The summed E-state index contributed by atoms with van der Waals surface area (Å²) in [6.07, 6.45) is 1.81. The molecule has 0 spiro atoms. The van der Waals surface area contributed by atoms with E-state index >= 15 is 0 Å². The Morgan fingerprint density at radius 1 is 1.50 bits per heavy atom. The lowest BCUT2D eigenvalue weighted by Gasteiger charge is -2.19. The van der Waals surface area contributed by atoms with Crippen LogP contribution in [-0.2, 0) is 20.7 Å². The fourth-order valence-corrected chi connectivity index (χ4v) is 2.42. The Bertz CT molecular complexity index is 440. The average Bonchev–Trinajstić information content (AvgIpc) is 2.58. The summed E-state index contributed by atoms with van der Waals surface area (Å²) in [7, 11) is 0. The van der Waals surface area contributed by atoms with Gasteiger partial charge in [0.05, 0.1) is 16.4 Å². The van der Waals surface area contributed by atoms with Gasteiger partial charge in [0.25, 0.3) is 0 Å². The lowest BCUT2D eigenvalue weighted by molar-refractivity contribution is -0.154. The highest BCUT2D eigenvalue weighted by Gasteiger charge is 2.17. The van der Waals surface area contributed by atoms with Crippen LogP contribution in [0.3, 0.4) is 0 Å². The molecule has 0 unspecified atom stereocenters. The van der Waals surface area contributed by atoms with Crippen molar-refractivity contribution < 1.29 is 14.3 Å². The van der Waals surface area contributed by atoms with Crippen LogP contribution < -0.4 is 5.32 Å². The molecule has 0 saturated heterocycles. The number of halogens is 1. The van der Waals surface area contributed by atoms with E-state index in [0.717, 1.165) is 3.79 Å². The molecular weight excluding hydrogens is 320 g/mol. The number of aromatic nitrogens is 1. The first-order valence-electron chi connectivity index (χ1n) is 5.35. The van der Waals surface area contributed by atoms with E-state index in [4.69, 9.17) is 4.74 Å². The topological polar surface area (TPSA) is 68.3 Å². The molecule has 18 heavy (non-hydrogen) atoms. The van der Waals surface area contributed by atoms with Crippen molar-refractivity contribution in [3.8, 4) is 0 Å². The molecule has 0 saturated carbocycles. The highest BCUT2D eigenvalue weighted by molar-refractivity contribution is 9.11. The SMILES string of the molecule is CC(C)(C)OC(=O)CNC(=O)Cc1ncc(Br)s1. The summed E-state index contributed by atoms with van der Waals surface area (Å²) >= 11 is 4.66. The Balaban J connectivity index is 2.31. The van der Waals surface area contributed by atoms with Gasteiger partial charge in [0.2, 0.25) is 5.91 Å². The van der Waals surface area contributed by atoms with E-state index in [9.17, 15) is 9.59 Å². The Morgan fingerprint density at radius 2 is 2.17 bits per heavy atom. The molecule has 0 radical (unpaired) electrons. The van der Waals surface area contributed by atoms with Gasteiger partial charge >= 0.3 is 5.97 Å². The van der Waals surface area contributed by atoms with Crippen molar-refractivity contribution in [2.24, 2.45) is 0 Å². The maximum atomic E-state index is 11.5. The Kier molecular flexibility index (Phi) is 5.28. The number of nitrogens with one attached hydrogen (secondary N) is 1. The van der Waals surface area contributed by atoms with Crippen LogP contribution in [0, 0.1) is 0 Å². The van der Waals surface area contributed by atoms with Crippen molar-refractivity contribution in [3.05, 3.63) is 15.0 Å². The molecule has 1 aromatic rings. The third kappa shape index (κ3) is 6.11. The van der Waals surface area contributed by atoms with E-state index in [1.807, 2.05) is 0 Å². The molecule has 1 rings (SSSR count). The number of ether oxygens (including phenoxy) is 1. The monoisotopic (exact) mass is 334 g/mol. The molecule has 0 atom stereocenters. The van der Waals surface area contributed by atoms with Gasteiger partial charge < -0.3 is 10.1 Å². The van der Waals surface area contributed by atoms with Crippen LogP contribution in [0.25, 0.3) is 0 Å². The van der Waals surface area contributed by atoms with E-state index in [1.165, 1.54) is 11.3 Å². The first-order valence-corrected chi connectivity index (χ1v) is 6.96. The standard InChI is InChI=1S/C11H15BrN2O3S/c1-11(2,3)17-10(16)6-13-8(15)4-9-14-5-7(12)18-9/h5H,4,6H2,1-3H3,(H,13,15). The Hall–Kier alpha value is -0.950. The molecule has 0 bridgehead atoms. The van der Waals surface area contributed by atoms with Crippen LogP contribution in [-0.4, -0.2) is 29.0 Å². The summed E-state index contributed by atoms with van der Waals surface area (Å²) in [5.41, 5.74) is -0.540. The van der Waals surface area contributed by atoms with Gasteiger partial charge in [-0.05, 0) is 36.7 Å². The molecule has 1 amide bonds. The molecule has 0 aromatic carbocycles. The van der Waals surface area contributed by atoms with Gasteiger partial charge in [0, 0.05) is 0 Å². The summed E-state index contributed by atoms with van der Waals surface area (Å²) in [5, 5.41) is 3.20. The highest BCUT2D eigenvalue weighted by Crippen LogP contribution is 2.19. The second kappa shape index (κ2) is 6.29. The molecule has 1 heterocycles. The number of thiazole rings is 1. The lowest BCUT2D eigenvalue weighted by Crippen LogP contribution is -2.35. The molecule has 0 aliphatic carbocycles. The normalized spacial score (nSPS) is 11.1. The number of esters is 1. The van der Waals surface area contributed by atoms with Crippen molar-refractivity contribution >= 4 is 39.1 Å². The molecule has 0 fully saturated rings. The molecule has 5 nitrogen and oxygen atoms in total. The summed E-state index contributed by atoms with van der Waals surface area (Å²) in [5.74, 6) is -0.695. The number of rotatable bonds is 4. The number of nitrogens with zero attached hydrogens (tertiary/aromatic N) is 1. The van der Waals surface area contributed by atoms with Crippen molar-refractivity contribution in [2.75, 3.05) is 6.54 Å². The fraction of sp³-hybridized carbons (Fsp3) is 0.545. The first-order chi connectivity index (χ1) is 8.26. The Labute approximate surface area is 118 Å². The van der Waals surface area contributed by atoms with Gasteiger partial charge in [-0.15, -0.1) is 11.3 Å². The lowest BCUT2D eigenvalue weighted by atomic mass is 10.2. The van der Waals surface area contributed by atoms with E-state index in [1.54, 1.807) is 27.0 Å². The average molecular weight is 335 g/mol. The van der Waals surface area contributed by atoms with E-state index in [-0.39, 0.29) is 18.9 Å². The van der Waals surface area contributed by atoms with Crippen molar-refractivity contribution in [1.82, 2.24) is 10.3 Å². The van der Waals surface area contributed by atoms with Gasteiger partial charge in [-0.1, -0.05) is 0 Å². The minimum absolute atomic E-state index is 0.122. The van der Waals surface area contributed by atoms with Gasteiger partial charge in [-0.2, -0.15) is 0 Å². The third-order valence-electron chi connectivity index (χ3n) is 1.69. The summed E-state index contributed by atoms with van der Waals surface area (Å²) in [6.45, 7) is 5.21. The highest BCUT2D eigenvalue weighted by atomic mass is 79.9. The van der Waals surface area contributed by atoms with E-state index in [0.29, 0.717) is 5.01 Å². The zero-order valence-corrected chi connectivity index (χ0v) is 12.9. The zero-order valence-electron chi connectivity index (χ0n) is 10.4. The Morgan fingerprint density at radius 3 is 2.67 bits per heavy atom. The van der Waals surface area contributed by atoms with Gasteiger partial charge in [-0.25, -0.2) is 4.98 Å². The maximum absolute atomic E-state index is 11.5. The molecule has 1 N–H and O–H groups in total. The second-order valence-electron chi connectivity index (χ2n) is 4.60. The second-order valence-corrected chi connectivity index (χ2v) is 7.09. The molecule has 0 aliphatic heterocycles. The maximum Gasteiger partial charge on any atom is 0.325 e. The molecule has 7 heteroatoms. The van der Waals surface area contributed by atoms with E-state index < -0.39 is 11.6 Å². The van der Waals surface area contributed by atoms with Gasteiger partial charge in [0.1, 0.15) is 17.2 Å². The van der Waals surface area contributed by atoms with Crippen LogP contribution in [0.2, 0.25) is 0 Å². The van der Waals surface area contributed by atoms with Crippen LogP contribution in [0.15, 0.2) is 9.98 Å². The number of hydrogen-bond donors (Lipinski definition) is 1. The van der Waals surface area contributed by atoms with Crippen molar-refractivity contribution in [3.63, 3.8) is 0 Å². The summed E-state index contributed by atoms with van der Waals surface area (Å²) < 4.78 is 5.94. The van der Waals surface area contributed by atoms with Gasteiger partial charge in [-0.3, -0.25) is 9.59 Å². The largest absolute Gasteiger partial charge is 0.459 e. The number of hydrogen-bond acceptors (Lipinski definition) is 5. The fourth-order valence-electron chi connectivity index (χ4n) is 1.12. The molecular formula is C11H15BrN2O3S. The molecule has 100 valence electrons. The quantitative estimate of drug-likeness (QED) is 0.854. The number of amides is 1.